The summed E-state index contributed by atoms with van der Waals surface area (Å²) in [5, 5.41) is 0. The Labute approximate surface area is 87.4 Å². The van der Waals surface area contributed by atoms with Crippen LogP contribution in [0.3, 0.4) is 0 Å². The molecule has 0 aromatic rings. The van der Waals surface area contributed by atoms with Gasteiger partial charge in [-0.25, -0.2) is 0 Å². The molecule has 0 aromatic heterocycles. The lowest BCUT2D eigenvalue weighted by Gasteiger charge is -2.19. The van der Waals surface area contributed by atoms with Gasteiger partial charge in [0.05, 0.1) is 0 Å². The van der Waals surface area contributed by atoms with Gasteiger partial charge in [-0.15, -0.1) is 0 Å². The third-order valence-electron chi connectivity index (χ3n) is 2.85. The SMILES string of the molecule is C=C(CC)CCC1=CC(C)=CCC1N. The van der Waals surface area contributed by atoms with Crippen LogP contribution in [0.25, 0.3) is 0 Å². The Balaban J connectivity index is 2.50. The van der Waals surface area contributed by atoms with Gasteiger partial charge in [-0.05, 0) is 32.6 Å². The second-order valence-corrected chi connectivity index (χ2v) is 4.11. The van der Waals surface area contributed by atoms with E-state index in [0.29, 0.717) is 0 Å². The molecule has 1 rings (SSSR count). The highest BCUT2D eigenvalue weighted by molar-refractivity contribution is 5.30. The van der Waals surface area contributed by atoms with Crippen LogP contribution in [0.4, 0.5) is 0 Å². The topological polar surface area (TPSA) is 26.0 Å². The Kier molecular flexibility index (Phi) is 4.15. The van der Waals surface area contributed by atoms with Crippen LogP contribution >= 0.6 is 0 Å². The zero-order chi connectivity index (χ0) is 10.6. The second kappa shape index (κ2) is 5.16. The van der Waals surface area contributed by atoms with Gasteiger partial charge in [0.1, 0.15) is 0 Å². The molecule has 0 amide bonds. The molecule has 1 unspecified atom stereocenters. The minimum atomic E-state index is 0.239. The third-order valence-corrected chi connectivity index (χ3v) is 2.85. The van der Waals surface area contributed by atoms with Crippen molar-refractivity contribution in [1.82, 2.24) is 0 Å². The van der Waals surface area contributed by atoms with E-state index in [1.165, 1.54) is 16.7 Å². The van der Waals surface area contributed by atoms with Gasteiger partial charge in [-0.3, -0.25) is 0 Å². The van der Waals surface area contributed by atoms with Crippen molar-refractivity contribution < 1.29 is 0 Å². The smallest absolute Gasteiger partial charge is 0.0292 e. The van der Waals surface area contributed by atoms with Crippen LogP contribution < -0.4 is 5.73 Å². The Hall–Kier alpha value is -0.820. The van der Waals surface area contributed by atoms with E-state index in [4.69, 9.17) is 5.73 Å². The summed E-state index contributed by atoms with van der Waals surface area (Å²) < 4.78 is 0. The standard InChI is InChI=1S/C13H21N/c1-4-10(2)5-7-12-9-11(3)6-8-13(12)14/h6,9,13H,2,4-5,7-8,14H2,1,3H3. The van der Waals surface area contributed by atoms with E-state index in [2.05, 4.69) is 32.6 Å². The van der Waals surface area contributed by atoms with Gasteiger partial charge in [-0.2, -0.15) is 0 Å². The maximum Gasteiger partial charge on any atom is 0.0292 e. The van der Waals surface area contributed by atoms with Crippen molar-refractivity contribution in [3.8, 4) is 0 Å². The van der Waals surface area contributed by atoms with Gasteiger partial charge >= 0.3 is 0 Å². The fourth-order valence-corrected chi connectivity index (χ4v) is 1.68. The number of hydrogen-bond donors (Lipinski definition) is 1. The lowest BCUT2D eigenvalue weighted by molar-refractivity contribution is 0.709. The van der Waals surface area contributed by atoms with Crippen LogP contribution in [0, 0.1) is 0 Å². The van der Waals surface area contributed by atoms with Crippen molar-refractivity contribution in [2.75, 3.05) is 0 Å². The number of rotatable bonds is 4. The van der Waals surface area contributed by atoms with Crippen molar-refractivity contribution in [3.05, 3.63) is 35.5 Å². The summed E-state index contributed by atoms with van der Waals surface area (Å²) in [5.74, 6) is 0. The largest absolute Gasteiger partial charge is 0.324 e. The number of nitrogens with two attached hydrogens (primary N) is 1. The van der Waals surface area contributed by atoms with E-state index in [0.717, 1.165) is 25.7 Å². The summed E-state index contributed by atoms with van der Waals surface area (Å²) in [6, 6.07) is 0.239. The van der Waals surface area contributed by atoms with E-state index >= 15 is 0 Å². The monoisotopic (exact) mass is 191 g/mol. The van der Waals surface area contributed by atoms with E-state index in [9.17, 15) is 0 Å². The highest BCUT2D eigenvalue weighted by atomic mass is 14.6. The van der Waals surface area contributed by atoms with Crippen LogP contribution in [0.1, 0.15) is 39.5 Å². The van der Waals surface area contributed by atoms with Crippen molar-refractivity contribution in [2.45, 2.75) is 45.6 Å². The predicted octanol–water partition coefficient (Wildman–Crippen LogP) is 3.34. The molecule has 0 bridgehead atoms. The van der Waals surface area contributed by atoms with Gasteiger partial charge < -0.3 is 5.73 Å². The van der Waals surface area contributed by atoms with Gasteiger partial charge in [0.2, 0.25) is 0 Å². The van der Waals surface area contributed by atoms with E-state index in [1.807, 2.05) is 0 Å². The maximum absolute atomic E-state index is 6.03. The molecule has 2 N–H and O–H groups in total. The normalized spacial score (nSPS) is 21.5. The Morgan fingerprint density at radius 2 is 2.36 bits per heavy atom. The average molecular weight is 191 g/mol. The highest BCUT2D eigenvalue weighted by Gasteiger charge is 2.11. The fraction of sp³-hybridized carbons (Fsp3) is 0.538. The Bertz CT molecular complexity index is 271. The molecule has 1 heteroatoms. The lowest BCUT2D eigenvalue weighted by atomic mass is 9.91. The van der Waals surface area contributed by atoms with E-state index in [-0.39, 0.29) is 6.04 Å². The molecule has 1 aliphatic carbocycles. The van der Waals surface area contributed by atoms with Crippen molar-refractivity contribution in [2.24, 2.45) is 5.73 Å². The van der Waals surface area contributed by atoms with Crippen molar-refractivity contribution in [1.29, 1.82) is 0 Å². The molecule has 0 saturated heterocycles. The molecule has 1 aliphatic rings. The second-order valence-electron chi connectivity index (χ2n) is 4.11. The molecule has 14 heavy (non-hydrogen) atoms. The predicted molar refractivity (Wildman–Crippen MR) is 63.1 cm³/mol. The maximum atomic E-state index is 6.03. The first-order valence-electron chi connectivity index (χ1n) is 5.43. The molecule has 0 fully saturated rings. The van der Waals surface area contributed by atoms with Crippen molar-refractivity contribution >= 4 is 0 Å². The van der Waals surface area contributed by atoms with Crippen LogP contribution in [-0.2, 0) is 0 Å². The summed E-state index contributed by atoms with van der Waals surface area (Å²) in [4.78, 5) is 0. The molecular formula is C13H21N. The zero-order valence-electron chi connectivity index (χ0n) is 9.34. The van der Waals surface area contributed by atoms with Crippen LogP contribution in [0.5, 0.6) is 0 Å². The summed E-state index contributed by atoms with van der Waals surface area (Å²) in [6.45, 7) is 8.31. The first-order valence-corrected chi connectivity index (χ1v) is 5.43. The molecule has 78 valence electrons. The quantitative estimate of drug-likeness (QED) is 0.678. The molecule has 0 aliphatic heterocycles. The minimum absolute atomic E-state index is 0.239. The minimum Gasteiger partial charge on any atom is -0.324 e. The van der Waals surface area contributed by atoms with Crippen LogP contribution in [0.15, 0.2) is 35.5 Å². The zero-order valence-corrected chi connectivity index (χ0v) is 9.34. The highest BCUT2D eigenvalue weighted by Crippen LogP contribution is 2.22. The summed E-state index contributed by atoms with van der Waals surface area (Å²) in [6.07, 6.45) is 8.69. The summed E-state index contributed by atoms with van der Waals surface area (Å²) in [7, 11) is 0. The van der Waals surface area contributed by atoms with Gasteiger partial charge in [0.25, 0.3) is 0 Å². The van der Waals surface area contributed by atoms with Gasteiger partial charge in [0.15, 0.2) is 0 Å². The molecule has 0 spiro atoms. The fourth-order valence-electron chi connectivity index (χ4n) is 1.68. The Morgan fingerprint density at radius 3 is 3.00 bits per heavy atom. The summed E-state index contributed by atoms with van der Waals surface area (Å²) >= 11 is 0. The molecular weight excluding hydrogens is 170 g/mol. The van der Waals surface area contributed by atoms with Crippen molar-refractivity contribution in [3.63, 3.8) is 0 Å². The number of allylic oxidation sites excluding steroid dienone is 3. The lowest BCUT2D eigenvalue weighted by Crippen LogP contribution is -2.24. The average Bonchev–Trinajstić information content (AvgIpc) is 2.19. The molecule has 0 heterocycles. The summed E-state index contributed by atoms with van der Waals surface area (Å²) in [5.41, 5.74) is 10.1. The van der Waals surface area contributed by atoms with E-state index < -0.39 is 0 Å². The molecule has 1 atom stereocenters. The van der Waals surface area contributed by atoms with Crippen LogP contribution in [-0.4, -0.2) is 6.04 Å². The van der Waals surface area contributed by atoms with Gasteiger partial charge in [-0.1, -0.05) is 42.4 Å². The van der Waals surface area contributed by atoms with E-state index in [1.54, 1.807) is 0 Å². The molecule has 0 radical (unpaired) electrons. The molecule has 0 saturated carbocycles. The third kappa shape index (κ3) is 3.15. The first-order chi connectivity index (χ1) is 6.63. The Morgan fingerprint density at radius 1 is 1.64 bits per heavy atom. The van der Waals surface area contributed by atoms with Gasteiger partial charge in [0, 0.05) is 6.04 Å². The molecule has 1 nitrogen and oxygen atoms in total. The number of hydrogen-bond acceptors (Lipinski definition) is 1. The molecule has 0 aromatic carbocycles. The van der Waals surface area contributed by atoms with Crippen LogP contribution in [0.2, 0.25) is 0 Å². The first kappa shape index (κ1) is 11.3.